The molecule has 0 N–H and O–H groups in total. The van der Waals surface area contributed by atoms with Crippen molar-refractivity contribution in [3.05, 3.63) is 188 Å². The van der Waals surface area contributed by atoms with Gasteiger partial charge in [-0.1, -0.05) is 109 Å². The second-order valence-corrected chi connectivity index (χ2v) is 13.4. The molecule has 0 aliphatic heterocycles. The van der Waals surface area contributed by atoms with Gasteiger partial charge in [0.05, 0.1) is 33.1 Å². The molecule has 0 aliphatic rings. The van der Waals surface area contributed by atoms with Crippen molar-refractivity contribution >= 4 is 65.4 Å². The van der Waals surface area contributed by atoms with E-state index < -0.39 is 0 Å². The van der Waals surface area contributed by atoms with Gasteiger partial charge >= 0.3 is 0 Å². The fourth-order valence-electron chi connectivity index (χ4n) is 8.49. The largest absolute Gasteiger partial charge is 0.309 e. The van der Waals surface area contributed by atoms with Gasteiger partial charge < -0.3 is 13.7 Å². The van der Waals surface area contributed by atoms with E-state index in [1.54, 1.807) is 0 Å². The van der Waals surface area contributed by atoms with Gasteiger partial charge in [-0.3, -0.25) is 0 Å². The Kier molecular flexibility index (Phi) is 5.96. The molecule has 238 valence electrons. The molecule has 0 saturated heterocycles. The first-order valence-corrected chi connectivity index (χ1v) is 17.5. The zero-order valence-electron chi connectivity index (χ0n) is 27.7. The van der Waals surface area contributed by atoms with Gasteiger partial charge in [0.1, 0.15) is 0 Å². The molecule has 0 atom stereocenters. The van der Waals surface area contributed by atoms with Crippen LogP contribution in [0, 0.1) is 0 Å². The third-order valence-electron chi connectivity index (χ3n) is 10.6. The number of hydrogen-bond acceptors (Lipinski definition) is 0. The molecule has 3 aromatic heterocycles. The molecular weight excluding hydrogens is 619 g/mol. The van der Waals surface area contributed by atoms with E-state index in [2.05, 4.69) is 202 Å². The Labute approximate surface area is 294 Å². The minimum Gasteiger partial charge on any atom is -0.309 e. The molecule has 11 aromatic rings. The van der Waals surface area contributed by atoms with Crippen molar-refractivity contribution in [1.82, 2.24) is 13.7 Å². The fourth-order valence-corrected chi connectivity index (χ4v) is 8.49. The first kappa shape index (κ1) is 28.0. The van der Waals surface area contributed by atoms with Crippen molar-refractivity contribution < 1.29 is 0 Å². The molecule has 3 heterocycles. The standard InChI is InChI=1S/C48H31N3/c1-3-14-33(15-4-1)49-42-22-10-8-19-38(42)41-31-35(27-29-46(41)49)51-43-23-11-7-18-37(43)40-30-32(26-28-45(40)51)36-21-13-25-47-48(36)39-20-9-12-24-44(39)50(47)34-16-5-2-6-17-34/h1-31H. The van der Waals surface area contributed by atoms with E-state index in [0.717, 1.165) is 5.69 Å². The number of fused-ring (bicyclic) bond motifs is 9. The lowest BCUT2D eigenvalue weighted by molar-refractivity contribution is 1.17. The Morgan fingerprint density at radius 3 is 1.35 bits per heavy atom. The van der Waals surface area contributed by atoms with Gasteiger partial charge in [0.2, 0.25) is 0 Å². The number of benzene rings is 8. The summed E-state index contributed by atoms with van der Waals surface area (Å²) in [6, 6.07) is 68.4. The molecule has 0 unspecified atom stereocenters. The number of nitrogens with zero attached hydrogens (tertiary/aromatic N) is 3. The third-order valence-corrected chi connectivity index (χ3v) is 10.6. The van der Waals surface area contributed by atoms with Crippen LogP contribution in [0.1, 0.15) is 0 Å². The zero-order valence-corrected chi connectivity index (χ0v) is 27.7. The Bertz CT molecular complexity index is 3120. The monoisotopic (exact) mass is 649 g/mol. The molecule has 0 aliphatic carbocycles. The molecule has 3 nitrogen and oxygen atoms in total. The first-order valence-electron chi connectivity index (χ1n) is 17.5. The summed E-state index contributed by atoms with van der Waals surface area (Å²) in [5.74, 6) is 0. The molecule has 11 rings (SSSR count). The number of hydrogen-bond donors (Lipinski definition) is 0. The summed E-state index contributed by atoms with van der Waals surface area (Å²) in [4.78, 5) is 0. The average Bonchev–Trinajstić information content (AvgIpc) is 3.84. The van der Waals surface area contributed by atoms with Crippen molar-refractivity contribution in [2.24, 2.45) is 0 Å². The van der Waals surface area contributed by atoms with Gasteiger partial charge in [-0.15, -0.1) is 0 Å². The topological polar surface area (TPSA) is 14.8 Å². The molecule has 8 aromatic carbocycles. The van der Waals surface area contributed by atoms with Crippen LogP contribution < -0.4 is 0 Å². The van der Waals surface area contributed by atoms with Gasteiger partial charge in [-0.25, -0.2) is 0 Å². The Balaban J connectivity index is 1.14. The maximum absolute atomic E-state index is 2.43. The maximum atomic E-state index is 2.43. The summed E-state index contributed by atoms with van der Waals surface area (Å²) < 4.78 is 7.20. The van der Waals surface area contributed by atoms with Crippen LogP contribution in [0.15, 0.2) is 188 Å². The molecule has 0 radical (unpaired) electrons. The maximum Gasteiger partial charge on any atom is 0.0547 e. The summed E-state index contributed by atoms with van der Waals surface area (Å²) in [5, 5.41) is 7.54. The lowest BCUT2D eigenvalue weighted by Crippen LogP contribution is -1.95. The van der Waals surface area contributed by atoms with Crippen molar-refractivity contribution in [3.8, 4) is 28.2 Å². The predicted octanol–water partition coefficient (Wildman–Crippen LogP) is 12.6. The van der Waals surface area contributed by atoms with E-state index in [1.807, 2.05) is 0 Å². The lowest BCUT2D eigenvalue weighted by atomic mass is 9.98. The van der Waals surface area contributed by atoms with Crippen LogP contribution in [0.25, 0.3) is 93.6 Å². The third kappa shape index (κ3) is 4.06. The predicted molar refractivity (Wildman–Crippen MR) is 215 cm³/mol. The molecule has 0 fully saturated rings. The first-order chi connectivity index (χ1) is 25.3. The average molecular weight is 650 g/mol. The van der Waals surface area contributed by atoms with Crippen LogP contribution in [0.2, 0.25) is 0 Å². The van der Waals surface area contributed by atoms with Crippen LogP contribution in [-0.2, 0) is 0 Å². The van der Waals surface area contributed by atoms with E-state index in [1.165, 1.54) is 87.9 Å². The number of para-hydroxylation sites is 5. The molecule has 0 amide bonds. The highest BCUT2D eigenvalue weighted by molar-refractivity contribution is 6.17. The highest BCUT2D eigenvalue weighted by atomic mass is 15.0. The van der Waals surface area contributed by atoms with Crippen molar-refractivity contribution in [1.29, 1.82) is 0 Å². The van der Waals surface area contributed by atoms with Crippen molar-refractivity contribution in [3.63, 3.8) is 0 Å². The SMILES string of the molecule is c1ccc(-n2c3ccccc3c3cc(-n4c5ccccc5c5cc(-c6cccc7c6c6ccccc6n7-c6ccccc6)ccc54)ccc32)cc1. The van der Waals surface area contributed by atoms with Gasteiger partial charge in [-0.05, 0) is 90.0 Å². The molecule has 3 heteroatoms. The van der Waals surface area contributed by atoms with Gasteiger partial charge in [0.15, 0.2) is 0 Å². The van der Waals surface area contributed by atoms with Crippen LogP contribution in [-0.4, -0.2) is 13.7 Å². The molecule has 0 spiro atoms. The minimum atomic E-state index is 1.16. The van der Waals surface area contributed by atoms with Crippen LogP contribution in [0.4, 0.5) is 0 Å². The highest BCUT2D eigenvalue weighted by Gasteiger charge is 2.19. The number of rotatable bonds is 4. The minimum absolute atomic E-state index is 1.16. The van der Waals surface area contributed by atoms with E-state index in [-0.39, 0.29) is 0 Å². The fraction of sp³-hybridized carbons (Fsp3) is 0. The van der Waals surface area contributed by atoms with Gasteiger partial charge in [-0.2, -0.15) is 0 Å². The Morgan fingerprint density at radius 1 is 0.255 bits per heavy atom. The molecule has 0 bridgehead atoms. The van der Waals surface area contributed by atoms with Crippen molar-refractivity contribution in [2.75, 3.05) is 0 Å². The molecule has 0 saturated carbocycles. The second kappa shape index (κ2) is 10.8. The quantitative estimate of drug-likeness (QED) is 0.180. The summed E-state index contributed by atoms with van der Waals surface area (Å²) in [6.07, 6.45) is 0. The van der Waals surface area contributed by atoms with Crippen molar-refractivity contribution in [2.45, 2.75) is 0 Å². The van der Waals surface area contributed by atoms with Gasteiger partial charge in [0, 0.05) is 49.4 Å². The van der Waals surface area contributed by atoms with E-state index in [0.29, 0.717) is 0 Å². The van der Waals surface area contributed by atoms with Gasteiger partial charge in [0.25, 0.3) is 0 Å². The molecule has 51 heavy (non-hydrogen) atoms. The Hall–Kier alpha value is -6.84. The second-order valence-electron chi connectivity index (χ2n) is 13.4. The lowest BCUT2D eigenvalue weighted by Gasteiger charge is -2.11. The highest BCUT2D eigenvalue weighted by Crippen LogP contribution is 2.42. The summed E-state index contributed by atoms with van der Waals surface area (Å²) in [6.45, 7) is 0. The van der Waals surface area contributed by atoms with Crippen LogP contribution in [0.5, 0.6) is 0 Å². The summed E-state index contributed by atoms with van der Waals surface area (Å²) in [7, 11) is 0. The van der Waals surface area contributed by atoms with E-state index in [4.69, 9.17) is 0 Å². The number of aromatic nitrogens is 3. The molecular formula is C48H31N3. The normalized spacial score (nSPS) is 11.9. The Morgan fingerprint density at radius 2 is 0.706 bits per heavy atom. The van der Waals surface area contributed by atoms with Crippen LogP contribution >= 0.6 is 0 Å². The van der Waals surface area contributed by atoms with E-state index in [9.17, 15) is 0 Å². The summed E-state index contributed by atoms with van der Waals surface area (Å²) >= 11 is 0. The summed E-state index contributed by atoms with van der Waals surface area (Å²) in [5.41, 5.74) is 13.2. The smallest absolute Gasteiger partial charge is 0.0547 e. The van der Waals surface area contributed by atoms with E-state index >= 15 is 0 Å². The van der Waals surface area contributed by atoms with Crippen LogP contribution in [0.3, 0.4) is 0 Å². The zero-order chi connectivity index (χ0) is 33.5.